The Kier molecular flexibility index (Phi) is 8.56. The highest BCUT2D eigenvalue weighted by Gasteiger charge is 2.25. The van der Waals surface area contributed by atoms with E-state index < -0.39 is 17.9 Å². The normalized spacial score (nSPS) is 11.7. The summed E-state index contributed by atoms with van der Waals surface area (Å²) in [4.78, 5) is 13.1. The number of amides is 2. The van der Waals surface area contributed by atoms with Crippen LogP contribution in [0, 0.1) is 19.7 Å². The van der Waals surface area contributed by atoms with Crippen LogP contribution in [0.15, 0.2) is 108 Å². The van der Waals surface area contributed by atoms with E-state index in [1.807, 2.05) is 66.1 Å². The van der Waals surface area contributed by atoms with Crippen LogP contribution in [-0.4, -0.2) is 20.8 Å². The minimum absolute atomic E-state index is 0.105. The molecule has 5 aromatic rings. The van der Waals surface area contributed by atoms with Crippen LogP contribution in [0.4, 0.5) is 14.9 Å². The number of rotatable bonds is 9. The summed E-state index contributed by atoms with van der Waals surface area (Å²) < 4.78 is 16.3. The Bertz CT molecular complexity index is 1590. The van der Waals surface area contributed by atoms with Crippen LogP contribution in [0.5, 0.6) is 0 Å². The van der Waals surface area contributed by atoms with Gasteiger partial charge in [0.25, 0.3) is 0 Å². The van der Waals surface area contributed by atoms with Crippen LogP contribution in [0.3, 0.4) is 0 Å². The third-order valence-electron chi connectivity index (χ3n) is 6.42. The van der Waals surface area contributed by atoms with Gasteiger partial charge in [0.2, 0.25) is 0 Å². The van der Waals surface area contributed by atoms with Gasteiger partial charge >= 0.3 is 6.03 Å². The van der Waals surface area contributed by atoms with Crippen LogP contribution >= 0.6 is 11.8 Å². The van der Waals surface area contributed by atoms with Gasteiger partial charge in [-0.25, -0.2) is 9.18 Å². The van der Waals surface area contributed by atoms with E-state index in [0.29, 0.717) is 12.2 Å². The van der Waals surface area contributed by atoms with Crippen LogP contribution in [0.2, 0.25) is 0 Å². The number of aryl methyl sites for hydroxylation is 2. The molecule has 0 bridgehead atoms. The second-order valence-corrected chi connectivity index (χ2v) is 10.6. The first-order chi connectivity index (χ1) is 19.5. The molecular weight excluding hydrogens is 521 g/mol. The van der Waals surface area contributed by atoms with Gasteiger partial charge in [0.1, 0.15) is 5.82 Å². The van der Waals surface area contributed by atoms with Crippen LogP contribution in [-0.2, 0) is 12.2 Å². The van der Waals surface area contributed by atoms with Gasteiger partial charge in [0.05, 0.1) is 11.7 Å². The summed E-state index contributed by atoms with van der Waals surface area (Å²) in [6, 6.07) is 31.4. The molecule has 0 aliphatic rings. The van der Waals surface area contributed by atoms with Crippen LogP contribution in [0.25, 0.3) is 5.69 Å². The van der Waals surface area contributed by atoms with E-state index in [1.165, 1.54) is 23.3 Å². The molecule has 0 spiro atoms. The largest absolute Gasteiger partial charge is 0.327 e. The van der Waals surface area contributed by atoms with Crippen molar-refractivity contribution in [3.63, 3.8) is 0 Å². The predicted molar refractivity (Wildman–Crippen MR) is 158 cm³/mol. The number of benzene rings is 4. The topological polar surface area (TPSA) is 71.8 Å². The minimum Gasteiger partial charge on any atom is -0.327 e. The first-order valence-electron chi connectivity index (χ1n) is 13.0. The molecule has 8 heteroatoms. The van der Waals surface area contributed by atoms with Gasteiger partial charge in [-0.2, -0.15) is 0 Å². The number of aromatic nitrogens is 3. The van der Waals surface area contributed by atoms with Gasteiger partial charge < -0.3 is 10.6 Å². The zero-order valence-corrected chi connectivity index (χ0v) is 23.2. The summed E-state index contributed by atoms with van der Waals surface area (Å²) in [6.07, 6.45) is 0.470. The van der Waals surface area contributed by atoms with Crippen LogP contribution in [0.1, 0.15) is 34.1 Å². The fraction of sp³-hybridized carbons (Fsp3) is 0.156. The standard InChI is InChI=1S/C32H30FN5OS/c1-22-15-17-26(18-16-22)38-30(36-37-32(38)40-21-25-12-8-9-23(2)19-25)29(20-24-10-4-3-5-11-24)35-31(39)34-28-14-7-6-13-27(28)33/h3-19,29H,20-21H2,1-2H3,(H2,34,35,39). The number of thioether (sulfide) groups is 1. The highest BCUT2D eigenvalue weighted by Crippen LogP contribution is 2.29. The molecule has 4 aromatic carbocycles. The lowest BCUT2D eigenvalue weighted by molar-refractivity contribution is 0.247. The van der Waals surface area contributed by atoms with Gasteiger partial charge in [-0.15, -0.1) is 10.2 Å². The molecule has 0 saturated carbocycles. The Morgan fingerprint density at radius 3 is 2.33 bits per heavy atom. The Labute approximate surface area is 237 Å². The monoisotopic (exact) mass is 551 g/mol. The Hall–Kier alpha value is -4.43. The molecule has 1 heterocycles. The van der Waals surface area contributed by atoms with E-state index in [-0.39, 0.29) is 5.69 Å². The molecule has 1 atom stereocenters. The number of carbonyl (C=O) groups excluding carboxylic acids is 1. The molecule has 0 aliphatic heterocycles. The smallest absolute Gasteiger partial charge is 0.319 e. The molecule has 6 nitrogen and oxygen atoms in total. The number of carbonyl (C=O) groups is 1. The van der Waals surface area contributed by atoms with Crippen molar-refractivity contribution in [1.82, 2.24) is 20.1 Å². The number of hydrogen-bond acceptors (Lipinski definition) is 4. The maximum Gasteiger partial charge on any atom is 0.319 e. The predicted octanol–water partition coefficient (Wildman–Crippen LogP) is 7.42. The number of anilines is 1. The lowest BCUT2D eigenvalue weighted by atomic mass is 10.1. The van der Waals surface area contributed by atoms with E-state index in [4.69, 9.17) is 0 Å². The Morgan fingerprint density at radius 2 is 1.57 bits per heavy atom. The maximum atomic E-state index is 14.3. The summed E-state index contributed by atoms with van der Waals surface area (Å²) in [5.41, 5.74) is 5.54. The summed E-state index contributed by atoms with van der Waals surface area (Å²) >= 11 is 1.59. The second kappa shape index (κ2) is 12.6. The van der Waals surface area contributed by atoms with E-state index in [9.17, 15) is 9.18 Å². The lowest BCUT2D eigenvalue weighted by Crippen LogP contribution is -2.35. The van der Waals surface area contributed by atoms with Crippen molar-refractivity contribution < 1.29 is 9.18 Å². The average Bonchev–Trinajstić information content (AvgIpc) is 3.38. The van der Waals surface area contributed by atoms with Crippen molar-refractivity contribution in [2.24, 2.45) is 0 Å². The third kappa shape index (κ3) is 6.76. The number of para-hydroxylation sites is 1. The van der Waals surface area contributed by atoms with Gasteiger partial charge in [0.15, 0.2) is 11.0 Å². The molecule has 5 rings (SSSR count). The minimum atomic E-state index is -0.545. The van der Waals surface area contributed by atoms with Crippen molar-refractivity contribution in [3.05, 3.63) is 137 Å². The second-order valence-electron chi connectivity index (χ2n) is 9.61. The Morgan fingerprint density at radius 1 is 0.850 bits per heavy atom. The first kappa shape index (κ1) is 27.1. The fourth-order valence-corrected chi connectivity index (χ4v) is 5.32. The summed E-state index contributed by atoms with van der Waals surface area (Å²) in [7, 11) is 0. The zero-order chi connectivity index (χ0) is 27.9. The number of nitrogens with one attached hydrogen (secondary N) is 2. The Balaban J connectivity index is 1.50. The average molecular weight is 552 g/mol. The highest BCUT2D eigenvalue weighted by molar-refractivity contribution is 7.98. The van der Waals surface area contributed by atoms with Crippen molar-refractivity contribution >= 4 is 23.5 Å². The van der Waals surface area contributed by atoms with Crippen molar-refractivity contribution in [3.8, 4) is 5.69 Å². The molecular formula is C32H30FN5OS. The number of halogens is 1. The van der Waals surface area contributed by atoms with Gasteiger partial charge in [-0.3, -0.25) is 4.57 Å². The molecule has 1 aromatic heterocycles. The van der Waals surface area contributed by atoms with Gasteiger partial charge in [-0.1, -0.05) is 102 Å². The highest BCUT2D eigenvalue weighted by atomic mass is 32.2. The molecule has 0 aliphatic carbocycles. The molecule has 0 fully saturated rings. The van der Waals surface area contributed by atoms with E-state index in [1.54, 1.807) is 23.9 Å². The number of nitrogens with zero attached hydrogens (tertiary/aromatic N) is 3. The van der Waals surface area contributed by atoms with Crippen molar-refractivity contribution in [1.29, 1.82) is 0 Å². The molecule has 202 valence electrons. The van der Waals surface area contributed by atoms with E-state index in [0.717, 1.165) is 27.7 Å². The van der Waals surface area contributed by atoms with E-state index >= 15 is 0 Å². The van der Waals surface area contributed by atoms with Gasteiger partial charge in [-0.05, 0) is 49.2 Å². The van der Waals surface area contributed by atoms with E-state index in [2.05, 4.69) is 52.0 Å². The third-order valence-corrected chi connectivity index (χ3v) is 7.42. The number of hydrogen-bond donors (Lipinski definition) is 2. The number of urea groups is 1. The molecule has 40 heavy (non-hydrogen) atoms. The zero-order valence-electron chi connectivity index (χ0n) is 22.3. The molecule has 1 unspecified atom stereocenters. The maximum absolute atomic E-state index is 14.3. The molecule has 2 amide bonds. The summed E-state index contributed by atoms with van der Waals surface area (Å²) in [6.45, 7) is 4.12. The lowest BCUT2D eigenvalue weighted by Gasteiger charge is -2.21. The summed E-state index contributed by atoms with van der Waals surface area (Å²) in [5.74, 6) is 0.800. The van der Waals surface area contributed by atoms with Gasteiger partial charge in [0, 0.05) is 17.9 Å². The molecule has 0 radical (unpaired) electrons. The molecule has 0 saturated heterocycles. The summed E-state index contributed by atoms with van der Waals surface area (Å²) in [5, 5.41) is 15.5. The first-order valence-corrected chi connectivity index (χ1v) is 14.0. The molecule has 2 N–H and O–H groups in total. The SMILES string of the molecule is Cc1ccc(-n2c(SCc3cccc(C)c3)nnc2C(Cc2ccccc2)NC(=O)Nc2ccccc2F)cc1. The quantitative estimate of drug-likeness (QED) is 0.187. The van der Waals surface area contributed by atoms with Crippen LogP contribution < -0.4 is 10.6 Å². The van der Waals surface area contributed by atoms with Crippen molar-refractivity contribution in [2.45, 2.75) is 37.2 Å². The fourth-order valence-electron chi connectivity index (χ4n) is 4.42. The van der Waals surface area contributed by atoms with Crippen molar-refractivity contribution in [2.75, 3.05) is 5.32 Å².